The smallest absolute Gasteiger partial charge is 0.306 e. The molecule has 0 radical (unpaired) electrons. The Balaban J connectivity index is 3.36. The van der Waals surface area contributed by atoms with Crippen molar-refractivity contribution in [3.8, 4) is 0 Å². The SMILES string of the molecule is CCCCCCCCC(C)OC(=O)CCCCCN. The summed E-state index contributed by atoms with van der Waals surface area (Å²) >= 11 is 0. The van der Waals surface area contributed by atoms with E-state index in [-0.39, 0.29) is 12.1 Å². The van der Waals surface area contributed by atoms with E-state index in [1.807, 2.05) is 6.92 Å². The van der Waals surface area contributed by atoms with Gasteiger partial charge in [-0.15, -0.1) is 0 Å². The summed E-state index contributed by atoms with van der Waals surface area (Å²) in [5, 5.41) is 0. The zero-order valence-corrected chi connectivity index (χ0v) is 13.0. The first-order chi connectivity index (χ1) is 9.20. The summed E-state index contributed by atoms with van der Waals surface area (Å²) < 4.78 is 5.39. The van der Waals surface area contributed by atoms with Crippen LogP contribution in [0.25, 0.3) is 0 Å². The average Bonchev–Trinajstić information content (AvgIpc) is 2.39. The molecule has 0 rings (SSSR count). The minimum Gasteiger partial charge on any atom is -0.463 e. The van der Waals surface area contributed by atoms with Gasteiger partial charge in [-0.25, -0.2) is 0 Å². The molecule has 3 heteroatoms. The van der Waals surface area contributed by atoms with Crippen LogP contribution in [0.3, 0.4) is 0 Å². The van der Waals surface area contributed by atoms with Crippen LogP contribution in [-0.2, 0) is 9.53 Å². The molecule has 1 atom stereocenters. The Kier molecular flexibility index (Phi) is 13.4. The molecular weight excluding hydrogens is 238 g/mol. The standard InChI is InChI=1S/C16H33NO2/c1-3-4-5-6-7-9-12-15(2)19-16(18)13-10-8-11-14-17/h15H,3-14,17H2,1-2H3. The number of carbonyl (C=O) groups excluding carboxylic acids is 1. The highest BCUT2D eigenvalue weighted by Gasteiger charge is 2.08. The molecule has 19 heavy (non-hydrogen) atoms. The number of carbonyl (C=O) groups is 1. The number of ether oxygens (including phenoxy) is 1. The fourth-order valence-electron chi connectivity index (χ4n) is 2.14. The van der Waals surface area contributed by atoms with Gasteiger partial charge in [-0.05, 0) is 39.2 Å². The molecule has 3 nitrogen and oxygen atoms in total. The molecule has 0 aliphatic rings. The molecule has 1 unspecified atom stereocenters. The maximum atomic E-state index is 11.5. The Morgan fingerprint density at radius 2 is 1.63 bits per heavy atom. The second-order valence-electron chi connectivity index (χ2n) is 5.46. The summed E-state index contributed by atoms with van der Waals surface area (Å²) in [6, 6.07) is 0. The number of unbranched alkanes of at least 4 members (excludes halogenated alkanes) is 7. The van der Waals surface area contributed by atoms with Gasteiger partial charge in [0.15, 0.2) is 0 Å². The molecule has 0 saturated heterocycles. The van der Waals surface area contributed by atoms with Crippen molar-refractivity contribution in [3.63, 3.8) is 0 Å². The van der Waals surface area contributed by atoms with Gasteiger partial charge in [-0.1, -0.05) is 45.4 Å². The Morgan fingerprint density at radius 3 is 2.32 bits per heavy atom. The van der Waals surface area contributed by atoms with Gasteiger partial charge in [-0.2, -0.15) is 0 Å². The zero-order chi connectivity index (χ0) is 14.3. The lowest BCUT2D eigenvalue weighted by molar-refractivity contribution is -0.148. The number of hydrogen-bond donors (Lipinski definition) is 1. The Bertz CT molecular complexity index is 207. The van der Waals surface area contributed by atoms with E-state index in [1.165, 1.54) is 38.5 Å². The molecule has 0 aromatic heterocycles. The topological polar surface area (TPSA) is 52.3 Å². The summed E-state index contributed by atoms with van der Waals surface area (Å²) in [4.78, 5) is 11.5. The molecule has 0 aliphatic carbocycles. The third kappa shape index (κ3) is 13.7. The monoisotopic (exact) mass is 271 g/mol. The van der Waals surface area contributed by atoms with Crippen molar-refractivity contribution >= 4 is 5.97 Å². The molecule has 0 aliphatic heterocycles. The molecular formula is C16H33NO2. The van der Waals surface area contributed by atoms with E-state index in [4.69, 9.17) is 10.5 Å². The normalized spacial score (nSPS) is 12.4. The first kappa shape index (κ1) is 18.4. The van der Waals surface area contributed by atoms with Crippen molar-refractivity contribution in [3.05, 3.63) is 0 Å². The lowest BCUT2D eigenvalue weighted by Gasteiger charge is -2.13. The van der Waals surface area contributed by atoms with Gasteiger partial charge in [0.05, 0.1) is 6.10 Å². The van der Waals surface area contributed by atoms with Gasteiger partial charge in [-0.3, -0.25) is 4.79 Å². The molecule has 0 amide bonds. The molecule has 0 aromatic carbocycles. The van der Waals surface area contributed by atoms with Crippen molar-refractivity contribution in [1.29, 1.82) is 0 Å². The van der Waals surface area contributed by atoms with Crippen molar-refractivity contribution in [2.45, 2.75) is 90.6 Å². The first-order valence-electron chi connectivity index (χ1n) is 8.10. The molecule has 0 aromatic rings. The fourth-order valence-corrected chi connectivity index (χ4v) is 2.14. The van der Waals surface area contributed by atoms with Crippen LogP contribution in [0, 0.1) is 0 Å². The molecule has 0 heterocycles. The molecule has 2 N–H and O–H groups in total. The number of esters is 1. The molecule has 0 saturated carbocycles. The van der Waals surface area contributed by atoms with Gasteiger partial charge >= 0.3 is 5.97 Å². The lowest BCUT2D eigenvalue weighted by Crippen LogP contribution is -2.14. The van der Waals surface area contributed by atoms with Crippen molar-refractivity contribution in [2.75, 3.05) is 6.54 Å². The maximum absolute atomic E-state index is 11.5. The van der Waals surface area contributed by atoms with E-state index in [0.29, 0.717) is 13.0 Å². The van der Waals surface area contributed by atoms with E-state index >= 15 is 0 Å². The third-order valence-corrected chi connectivity index (χ3v) is 3.38. The van der Waals surface area contributed by atoms with Crippen LogP contribution in [0.5, 0.6) is 0 Å². The summed E-state index contributed by atoms with van der Waals surface area (Å²) in [5.74, 6) is -0.0458. The highest BCUT2D eigenvalue weighted by atomic mass is 16.5. The van der Waals surface area contributed by atoms with Crippen LogP contribution in [0.4, 0.5) is 0 Å². The van der Waals surface area contributed by atoms with Crippen molar-refractivity contribution < 1.29 is 9.53 Å². The van der Waals surface area contributed by atoms with Crippen LogP contribution < -0.4 is 5.73 Å². The van der Waals surface area contributed by atoms with Crippen molar-refractivity contribution in [2.24, 2.45) is 5.73 Å². The van der Waals surface area contributed by atoms with Gasteiger partial charge in [0, 0.05) is 6.42 Å². The summed E-state index contributed by atoms with van der Waals surface area (Å²) in [5.41, 5.74) is 5.41. The van der Waals surface area contributed by atoms with Crippen LogP contribution in [0.1, 0.15) is 84.5 Å². The third-order valence-electron chi connectivity index (χ3n) is 3.38. The van der Waals surface area contributed by atoms with Gasteiger partial charge in [0.25, 0.3) is 0 Å². The highest BCUT2D eigenvalue weighted by Crippen LogP contribution is 2.11. The van der Waals surface area contributed by atoms with E-state index in [9.17, 15) is 4.79 Å². The van der Waals surface area contributed by atoms with E-state index in [1.54, 1.807) is 0 Å². The molecule has 0 fully saturated rings. The Morgan fingerprint density at radius 1 is 1.00 bits per heavy atom. The quantitative estimate of drug-likeness (QED) is 0.404. The number of hydrogen-bond acceptors (Lipinski definition) is 3. The molecule has 0 spiro atoms. The largest absolute Gasteiger partial charge is 0.463 e. The predicted octanol–water partition coefficient (Wildman–Crippen LogP) is 4.19. The van der Waals surface area contributed by atoms with E-state index in [0.717, 1.165) is 25.7 Å². The van der Waals surface area contributed by atoms with Crippen LogP contribution >= 0.6 is 0 Å². The maximum Gasteiger partial charge on any atom is 0.306 e. The van der Waals surface area contributed by atoms with Gasteiger partial charge < -0.3 is 10.5 Å². The number of rotatable bonds is 13. The predicted molar refractivity (Wildman–Crippen MR) is 81.1 cm³/mol. The summed E-state index contributed by atoms with van der Waals surface area (Å²) in [6.07, 6.45) is 12.3. The average molecular weight is 271 g/mol. The Hall–Kier alpha value is -0.570. The molecule has 114 valence electrons. The second kappa shape index (κ2) is 13.9. The Labute approximate surface area is 119 Å². The lowest BCUT2D eigenvalue weighted by atomic mass is 10.1. The minimum absolute atomic E-state index is 0.0458. The van der Waals surface area contributed by atoms with Crippen LogP contribution in [0.2, 0.25) is 0 Å². The highest BCUT2D eigenvalue weighted by molar-refractivity contribution is 5.69. The van der Waals surface area contributed by atoms with Gasteiger partial charge in [0.1, 0.15) is 0 Å². The second-order valence-corrected chi connectivity index (χ2v) is 5.46. The fraction of sp³-hybridized carbons (Fsp3) is 0.938. The van der Waals surface area contributed by atoms with Gasteiger partial charge in [0.2, 0.25) is 0 Å². The summed E-state index contributed by atoms with van der Waals surface area (Å²) in [6.45, 7) is 4.95. The van der Waals surface area contributed by atoms with E-state index in [2.05, 4.69) is 6.92 Å². The van der Waals surface area contributed by atoms with Crippen molar-refractivity contribution in [1.82, 2.24) is 0 Å². The van der Waals surface area contributed by atoms with E-state index < -0.39 is 0 Å². The van der Waals surface area contributed by atoms with Crippen LogP contribution in [-0.4, -0.2) is 18.6 Å². The summed E-state index contributed by atoms with van der Waals surface area (Å²) in [7, 11) is 0. The zero-order valence-electron chi connectivity index (χ0n) is 13.0. The van der Waals surface area contributed by atoms with Crippen LogP contribution in [0.15, 0.2) is 0 Å². The minimum atomic E-state index is -0.0458. The number of nitrogens with two attached hydrogens (primary N) is 1. The molecule has 0 bridgehead atoms. The first-order valence-corrected chi connectivity index (χ1v) is 8.10.